The summed E-state index contributed by atoms with van der Waals surface area (Å²) >= 11 is 11.7. The van der Waals surface area contributed by atoms with E-state index >= 15 is 0 Å². The van der Waals surface area contributed by atoms with E-state index < -0.39 is 12.7 Å². The molecule has 0 aliphatic heterocycles. The molecule has 0 aliphatic carbocycles. The normalized spacial score (nSPS) is 10.4. The lowest BCUT2D eigenvalue weighted by atomic mass is 10.3. The summed E-state index contributed by atoms with van der Waals surface area (Å²) in [5, 5.41) is 8.31. The van der Waals surface area contributed by atoms with Crippen LogP contribution in [0.3, 0.4) is 0 Å². The summed E-state index contributed by atoms with van der Waals surface area (Å²) in [5.41, 5.74) is -0.193. The third kappa shape index (κ3) is 6.95. The van der Waals surface area contributed by atoms with Gasteiger partial charge in [-0.2, -0.15) is 5.26 Å². The molecule has 6 heteroatoms. The minimum absolute atomic E-state index is 0.193. The van der Waals surface area contributed by atoms with Crippen LogP contribution in [0.5, 0.6) is 0 Å². The molecule has 0 atom stereocenters. The second kappa shape index (κ2) is 6.07. The monoisotopic (exact) mass is 251 g/mol. The van der Waals surface area contributed by atoms with Crippen molar-refractivity contribution in [3.05, 3.63) is 12.2 Å². The van der Waals surface area contributed by atoms with Crippen LogP contribution < -0.4 is 0 Å². The Kier molecular flexibility index (Phi) is 5.85. The Balaban J connectivity index is 3.62. The van der Waals surface area contributed by atoms with Gasteiger partial charge in [0.1, 0.15) is 11.6 Å². The lowest BCUT2D eigenvalue weighted by molar-refractivity contribution is -0.138. The van der Waals surface area contributed by atoms with Gasteiger partial charge in [0.15, 0.2) is 0 Å². The van der Waals surface area contributed by atoms with Crippen LogP contribution in [0.4, 0.5) is 0 Å². The van der Waals surface area contributed by atoms with Crippen LogP contribution in [-0.2, 0) is 9.53 Å². The van der Waals surface area contributed by atoms with E-state index in [2.05, 4.69) is 6.58 Å². The van der Waals surface area contributed by atoms with E-state index in [1.54, 1.807) is 12.6 Å². The van der Waals surface area contributed by atoms with Crippen LogP contribution in [-0.4, -0.2) is 19.3 Å². The van der Waals surface area contributed by atoms with Gasteiger partial charge in [0.05, 0.1) is 6.61 Å². The largest absolute Gasteiger partial charge is 0.462 e. The molecule has 14 heavy (non-hydrogen) atoms. The van der Waals surface area contributed by atoms with E-state index in [-0.39, 0.29) is 12.2 Å². The summed E-state index contributed by atoms with van der Waals surface area (Å²) in [7, 11) is 0. The molecular formula is C8H11Cl2NO2Si. The number of carbonyl (C=O) groups is 1. The second-order valence-electron chi connectivity index (χ2n) is 2.90. The first-order valence-electron chi connectivity index (χ1n) is 4.01. The molecule has 0 saturated heterocycles. The third-order valence-corrected chi connectivity index (χ3v) is 3.74. The fourth-order valence-electron chi connectivity index (χ4n) is 0.680. The molecule has 0 N–H and O–H groups in total. The highest BCUT2D eigenvalue weighted by Gasteiger charge is 2.20. The first-order chi connectivity index (χ1) is 6.37. The molecule has 0 aliphatic rings. The van der Waals surface area contributed by atoms with Gasteiger partial charge >= 0.3 is 5.97 Å². The Labute approximate surface area is 93.7 Å². The SMILES string of the molecule is C=C(C#N)C(=O)OCCC[Si](C)(Cl)Cl. The van der Waals surface area contributed by atoms with Gasteiger partial charge in [-0.25, -0.2) is 4.79 Å². The molecule has 0 unspecified atom stereocenters. The Bertz CT molecular complexity index is 267. The molecule has 78 valence electrons. The number of rotatable bonds is 5. The van der Waals surface area contributed by atoms with E-state index in [1.165, 1.54) is 0 Å². The van der Waals surface area contributed by atoms with Crippen LogP contribution in [0, 0.1) is 11.3 Å². The Hall–Kier alpha value is -0.503. The predicted molar refractivity (Wildman–Crippen MR) is 58.5 cm³/mol. The quantitative estimate of drug-likeness (QED) is 0.189. The van der Waals surface area contributed by atoms with Crippen molar-refractivity contribution in [2.24, 2.45) is 0 Å². The van der Waals surface area contributed by atoms with Crippen molar-refractivity contribution in [2.45, 2.75) is 19.0 Å². The minimum Gasteiger partial charge on any atom is -0.462 e. The molecule has 0 bridgehead atoms. The highest BCUT2D eigenvalue weighted by Crippen LogP contribution is 2.21. The van der Waals surface area contributed by atoms with E-state index in [1.807, 2.05) is 0 Å². The van der Waals surface area contributed by atoms with Crippen LogP contribution >= 0.6 is 22.2 Å². The summed E-state index contributed by atoms with van der Waals surface area (Å²) in [6.07, 6.45) is 0.611. The summed E-state index contributed by atoms with van der Waals surface area (Å²) in [6.45, 7) is 3.14. The van der Waals surface area contributed by atoms with Gasteiger partial charge in [0.2, 0.25) is 6.69 Å². The van der Waals surface area contributed by atoms with Crippen LogP contribution in [0.15, 0.2) is 12.2 Å². The van der Waals surface area contributed by atoms with Crippen molar-refractivity contribution < 1.29 is 9.53 Å². The maximum atomic E-state index is 10.9. The van der Waals surface area contributed by atoms with Crippen LogP contribution in [0.25, 0.3) is 0 Å². The highest BCUT2D eigenvalue weighted by atomic mass is 35.7. The number of carbonyl (C=O) groups excluding carboxylic acids is 1. The number of ether oxygens (including phenoxy) is 1. The molecule has 0 saturated carbocycles. The van der Waals surface area contributed by atoms with Gasteiger partial charge in [0, 0.05) is 0 Å². The van der Waals surface area contributed by atoms with Gasteiger partial charge in [0.25, 0.3) is 0 Å². The van der Waals surface area contributed by atoms with Crippen molar-refractivity contribution >= 4 is 34.8 Å². The summed E-state index contributed by atoms with van der Waals surface area (Å²) in [4.78, 5) is 10.9. The van der Waals surface area contributed by atoms with E-state index in [0.29, 0.717) is 12.5 Å². The number of nitriles is 1. The Morgan fingerprint density at radius 1 is 1.64 bits per heavy atom. The molecule has 0 aromatic carbocycles. The number of hydrogen-bond donors (Lipinski definition) is 0. The number of nitrogens with zero attached hydrogens (tertiary/aromatic N) is 1. The zero-order chi connectivity index (χ0) is 11.2. The van der Waals surface area contributed by atoms with Crippen molar-refractivity contribution in [1.82, 2.24) is 0 Å². The zero-order valence-electron chi connectivity index (χ0n) is 7.85. The Morgan fingerprint density at radius 2 is 2.21 bits per heavy atom. The molecule has 0 amide bonds. The number of halogens is 2. The highest BCUT2D eigenvalue weighted by molar-refractivity contribution is 7.44. The van der Waals surface area contributed by atoms with Crippen molar-refractivity contribution in [2.75, 3.05) is 6.61 Å². The molecule has 0 radical (unpaired) electrons. The van der Waals surface area contributed by atoms with Crippen molar-refractivity contribution in [3.8, 4) is 6.07 Å². The van der Waals surface area contributed by atoms with Gasteiger partial charge in [-0.05, 0) is 19.0 Å². The summed E-state index contributed by atoms with van der Waals surface area (Å²) < 4.78 is 4.73. The van der Waals surface area contributed by atoms with Gasteiger partial charge in [-0.3, -0.25) is 0 Å². The molecule has 0 heterocycles. The van der Waals surface area contributed by atoms with Gasteiger partial charge < -0.3 is 4.74 Å². The molecule has 0 fully saturated rings. The molecule has 0 spiro atoms. The van der Waals surface area contributed by atoms with Crippen molar-refractivity contribution in [1.29, 1.82) is 5.26 Å². The zero-order valence-corrected chi connectivity index (χ0v) is 10.4. The van der Waals surface area contributed by atoms with Crippen molar-refractivity contribution in [3.63, 3.8) is 0 Å². The fraction of sp³-hybridized carbons (Fsp3) is 0.500. The summed E-state index contributed by atoms with van der Waals surface area (Å²) in [5.74, 6) is -0.681. The fourth-order valence-corrected chi connectivity index (χ4v) is 2.25. The first-order valence-corrected chi connectivity index (χ1v) is 8.74. The van der Waals surface area contributed by atoms with Gasteiger partial charge in [-0.1, -0.05) is 6.58 Å². The standard InChI is InChI=1S/C8H11Cl2NO2Si/c1-7(6-11)8(12)13-4-3-5-14(2,9)10/h1,3-5H2,2H3. The molecule has 0 rings (SSSR count). The third-order valence-electron chi connectivity index (χ3n) is 1.37. The molecule has 0 aromatic rings. The van der Waals surface area contributed by atoms with E-state index in [9.17, 15) is 4.79 Å². The smallest absolute Gasteiger partial charge is 0.348 e. The molecule has 3 nitrogen and oxygen atoms in total. The first kappa shape index (κ1) is 13.5. The Morgan fingerprint density at radius 3 is 2.64 bits per heavy atom. The van der Waals surface area contributed by atoms with Gasteiger partial charge in [-0.15, -0.1) is 22.2 Å². The lowest BCUT2D eigenvalue weighted by Gasteiger charge is -2.09. The number of hydrogen-bond acceptors (Lipinski definition) is 3. The predicted octanol–water partition coefficient (Wildman–Crippen LogP) is 2.55. The van der Waals surface area contributed by atoms with Crippen LogP contribution in [0.1, 0.15) is 6.42 Å². The second-order valence-corrected chi connectivity index (χ2v) is 11.1. The maximum Gasteiger partial charge on any atom is 0.348 e. The average Bonchev–Trinajstić information content (AvgIpc) is 2.09. The molecular weight excluding hydrogens is 241 g/mol. The molecule has 0 aromatic heterocycles. The van der Waals surface area contributed by atoms with Crippen LogP contribution in [0.2, 0.25) is 12.6 Å². The lowest BCUT2D eigenvalue weighted by Crippen LogP contribution is -2.14. The van der Waals surface area contributed by atoms with E-state index in [0.717, 1.165) is 0 Å². The minimum atomic E-state index is -2.10. The van der Waals surface area contributed by atoms with E-state index in [4.69, 9.17) is 32.2 Å². The average molecular weight is 252 g/mol. The number of esters is 1. The topological polar surface area (TPSA) is 50.1 Å². The maximum absolute atomic E-state index is 10.9. The summed E-state index contributed by atoms with van der Waals surface area (Å²) in [6, 6.07) is 2.26.